The van der Waals surface area contributed by atoms with Crippen molar-refractivity contribution in [2.45, 2.75) is 29.3 Å². The van der Waals surface area contributed by atoms with Crippen molar-refractivity contribution in [3.05, 3.63) is 107 Å². The van der Waals surface area contributed by atoms with Crippen molar-refractivity contribution in [1.29, 1.82) is 0 Å². The number of rotatable bonds is 6. The van der Waals surface area contributed by atoms with E-state index in [-0.39, 0.29) is 45.8 Å². The summed E-state index contributed by atoms with van der Waals surface area (Å²) in [4.78, 5) is 19.0. The van der Waals surface area contributed by atoms with Gasteiger partial charge in [-0.2, -0.15) is 22.0 Å². The first-order chi connectivity index (χ1) is 20.2. The van der Waals surface area contributed by atoms with Crippen LogP contribution >= 0.6 is 11.8 Å². The van der Waals surface area contributed by atoms with E-state index < -0.39 is 29.4 Å². The van der Waals surface area contributed by atoms with E-state index in [1.54, 1.807) is 31.4 Å². The number of hydrogen-bond donors (Lipinski definition) is 1. The number of nitrogens with one attached hydrogen (secondary N) is 1. The molecule has 1 aliphatic rings. The van der Waals surface area contributed by atoms with Crippen LogP contribution in [0.25, 0.3) is 22.2 Å². The molecule has 0 unspecified atom stereocenters. The first-order valence-corrected chi connectivity index (χ1v) is 13.8. The minimum atomic E-state index is -4.61. The fourth-order valence-electron chi connectivity index (χ4n) is 5.50. The fourth-order valence-corrected chi connectivity index (χ4v) is 6.13. The Morgan fingerprint density at radius 2 is 1.81 bits per heavy atom. The predicted octanol–water partition coefficient (Wildman–Crippen LogP) is 8.56. The van der Waals surface area contributed by atoms with Crippen LogP contribution in [0.5, 0.6) is 5.75 Å². The van der Waals surface area contributed by atoms with E-state index >= 15 is 0 Å². The van der Waals surface area contributed by atoms with Gasteiger partial charge in [0.2, 0.25) is 0 Å². The van der Waals surface area contributed by atoms with Gasteiger partial charge >= 0.3 is 6.18 Å². The van der Waals surface area contributed by atoms with Gasteiger partial charge in [0, 0.05) is 27.9 Å². The van der Waals surface area contributed by atoms with Crippen LogP contribution in [0.1, 0.15) is 39.0 Å². The zero-order chi connectivity index (χ0) is 29.6. The number of fused-ring (bicyclic) bond motifs is 3. The second-order valence-electron chi connectivity index (χ2n) is 9.70. The average molecular weight is 599 g/mol. The summed E-state index contributed by atoms with van der Waals surface area (Å²) in [6.45, 7) is 0.212. The third-order valence-corrected chi connectivity index (χ3v) is 8.11. The molecule has 0 bridgehead atoms. The Morgan fingerprint density at radius 1 is 1.05 bits per heavy atom. The lowest BCUT2D eigenvalue weighted by atomic mass is 9.95. The largest absolute Gasteiger partial charge is 0.497 e. The number of methoxy groups -OCH3 is 1. The quantitative estimate of drug-likeness (QED) is 0.157. The predicted molar refractivity (Wildman–Crippen MR) is 149 cm³/mol. The minimum absolute atomic E-state index is 0.0103. The number of alkyl halides is 5. The van der Waals surface area contributed by atoms with Crippen LogP contribution in [0.4, 0.5) is 22.0 Å². The average Bonchev–Trinajstić information content (AvgIpc) is 3.60. The van der Waals surface area contributed by atoms with Gasteiger partial charge < -0.3 is 19.0 Å². The summed E-state index contributed by atoms with van der Waals surface area (Å²) in [6, 6.07) is 18.9. The summed E-state index contributed by atoms with van der Waals surface area (Å²) in [5.41, 5.74) is 1.43. The fraction of sp³-hybridized carbons (Fsp3) is 0.194. The molecular weight excluding hydrogens is 575 g/mol. The standard InChI is InChI=1S/C31H23F5N2O3S/c1-40-17-10-11-23-21(16-17)18-14-15-38(29(39)20-7-3-5-9-26(20)42-30(32)33)28(27(18)37-23)25-13-12-24(41-25)19-6-2-4-8-22(19)31(34,35)36/h2-13,16,28,30,37H,14-15H2,1H3/t28-/m1/s1. The molecule has 1 amide bonds. The van der Waals surface area contributed by atoms with Crippen LogP contribution in [0, 0.1) is 0 Å². The third kappa shape index (κ3) is 5.02. The van der Waals surface area contributed by atoms with E-state index in [1.807, 2.05) is 12.1 Å². The van der Waals surface area contributed by atoms with Crippen molar-refractivity contribution in [2.75, 3.05) is 13.7 Å². The maximum Gasteiger partial charge on any atom is 0.417 e. The number of furan rings is 1. The number of amides is 1. The second-order valence-corrected chi connectivity index (χ2v) is 10.7. The number of hydrogen-bond acceptors (Lipinski definition) is 4. The van der Waals surface area contributed by atoms with Gasteiger partial charge in [-0.05, 0) is 60.5 Å². The molecule has 0 aliphatic carbocycles. The molecule has 0 spiro atoms. The van der Waals surface area contributed by atoms with Gasteiger partial charge in [-0.1, -0.05) is 42.1 Å². The maximum absolute atomic E-state index is 14.0. The van der Waals surface area contributed by atoms with Gasteiger partial charge in [0.15, 0.2) is 0 Å². The Labute approximate surface area is 241 Å². The SMILES string of the molecule is COc1ccc2[nH]c3c(c2c1)CCN(C(=O)c1ccccc1SC(F)F)[C@@H]3c1ccc(-c2ccccc2C(F)(F)F)o1. The normalized spacial score (nSPS) is 15.3. The van der Waals surface area contributed by atoms with Crippen molar-refractivity contribution in [1.82, 2.24) is 9.88 Å². The summed E-state index contributed by atoms with van der Waals surface area (Å²) in [5.74, 6) is -2.37. The number of aromatic nitrogens is 1. The Bertz CT molecular complexity index is 1780. The Morgan fingerprint density at radius 3 is 2.57 bits per heavy atom. The van der Waals surface area contributed by atoms with E-state index in [0.717, 1.165) is 22.5 Å². The summed E-state index contributed by atoms with van der Waals surface area (Å²) >= 11 is 0.281. The van der Waals surface area contributed by atoms with E-state index in [4.69, 9.17) is 9.15 Å². The van der Waals surface area contributed by atoms with E-state index in [1.165, 1.54) is 41.3 Å². The molecule has 0 fully saturated rings. The van der Waals surface area contributed by atoms with Crippen LogP contribution in [0.3, 0.4) is 0 Å². The van der Waals surface area contributed by atoms with Gasteiger partial charge in [-0.3, -0.25) is 4.79 Å². The molecule has 3 heterocycles. The maximum atomic E-state index is 14.0. The molecule has 0 radical (unpaired) electrons. The first-order valence-electron chi connectivity index (χ1n) is 13.0. The van der Waals surface area contributed by atoms with Crippen LogP contribution in [-0.4, -0.2) is 35.2 Å². The Balaban J connectivity index is 1.49. The van der Waals surface area contributed by atoms with Gasteiger partial charge in [0.25, 0.3) is 11.7 Å². The van der Waals surface area contributed by atoms with Crippen molar-refractivity contribution in [3.8, 4) is 17.1 Å². The molecule has 1 N–H and O–H groups in total. The van der Waals surface area contributed by atoms with Crippen LogP contribution in [0.15, 0.2) is 88.2 Å². The number of carbonyl (C=O) groups is 1. The lowest BCUT2D eigenvalue weighted by Crippen LogP contribution is -2.40. The number of aromatic amines is 1. The van der Waals surface area contributed by atoms with E-state index in [0.29, 0.717) is 17.9 Å². The highest BCUT2D eigenvalue weighted by Gasteiger charge is 2.39. The van der Waals surface area contributed by atoms with Gasteiger partial charge in [-0.15, -0.1) is 0 Å². The van der Waals surface area contributed by atoms with Crippen molar-refractivity contribution < 1.29 is 35.9 Å². The molecule has 11 heteroatoms. The molecule has 42 heavy (non-hydrogen) atoms. The number of carbonyl (C=O) groups excluding carboxylic acids is 1. The number of ether oxygens (including phenoxy) is 1. The summed E-state index contributed by atoms with van der Waals surface area (Å²) < 4.78 is 79.5. The monoisotopic (exact) mass is 598 g/mol. The van der Waals surface area contributed by atoms with Crippen LogP contribution in [-0.2, 0) is 12.6 Å². The van der Waals surface area contributed by atoms with E-state index in [2.05, 4.69) is 4.98 Å². The molecule has 6 rings (SSSR count). The highest BCUT2D eigenvalue weighted by atomic mass is 32.2. The summed E-state index contributed by atoms with van der Waals surface area (Å²) in [7, 11) is 1.56. The highest BCUT2D eigenvalue weighted by molar-refractivity contribution is 7.99. The zero-order valence-electron chi connectivity index (χ0n) is 22.0. The molecule has 3 aromatic carbocycles. The van der Waals surface area contributed by atoms with Crippen molar-refractivity contribution >= 4 is 28.6 Å². The number of H-pyrrole nitrogens is 1. The molecule has 1 atom stereocenters. The Kier molecular flexibility index (Phi) is 7.22. The first kappa shape index (κ1) is 27.9. The second kappa shape index (κ2) is 10.9. The molecule has 2 aromatic heterocycles. The molecule has 216 valence electrons. The number of nitrogens with zero attached hydrogens (tertiary/aromatic N) is 1. The molecule has 1 aliphatic heterocycles. The lowest BCUT2D eigenvalue weighted by molar-refractivity contribution is -0.137. The lowest BCUT2D eigenvalue weighted by Gasteiger charge is -2.35. The van der Waals surface area contributed by atoms with Crippen LogP contribution < -0.4 is 4.74 Å². The smallest absolute Gasteiger partial charge is 0.417 e. The summed E-state index contributed by atoms with van der Waals surface area (Å²) in [6.07, 6.45) is -4.16. The summed E-state index contributed by atoms with van der Waals surface area (Å²) in [5, 5.41) is 0.879. The van der Waals surface area contributed by atoms with Crippen LogP contribution in [0.2, 0.25) is 0 Å². The number of thioether (sulfide) groups is 1. The van der Waals surface area contributed by atoms with Gasteiger partial charge in [-0.25, -0.2) is 0 Å². The van der Waals surface area contributed by atoms with Gasteiger partial charge in [0.1, 0.15) is 23.3 Å². The molecule has 0 saturated heterocycles. The number of halogens is 5. The molecular formula is C31H23F5N2O3S. The van der Waals surface area contributed by atoms with Crippen molar-refractivity contribution in [2.24, 2.45) is 0 Å². The zero-order valence-corrected chi connectivity index (χ0v) is 22.9. The molecule has 5 aromatic rings. The Hall–Kier alpha value is -4.25. The number of benzene rings is 3. The van der Waals surface area contributed by atoms with Crippen molar-refractivity contribution in [3.63, 3.8) is 0 Å². The third-order valence-electron chi connectivity index (χ3n) is 7.32. The van der Waals surface area contributed by atoms with Gasteiger partial charge in [0.05, 0.1) is 23.9 Å². The van der Waals surface area contributed by atoms with E-state index in [9.17, 15) is 26.7 Å². The highest BCUT2D eigenvalue weighted by Crippen LogP contribution is 2.44. The topological polar surface area (TPSA) is 58.5 Å². The molecule has 5 nitrogen and oxygen atoms in total. The molecule has 0 saturated carbocycles. The minimum Gasteiger partial charge on any atom is -0.497 e.